The monoisotopic (exact) mass is 665 g/mol. The second kappa shape index (κ2) is 12.9. The number of aliphatic imine (C=N–C) groups is 1. The number of anilines is 1. The van der Waals surface area contributed by atoms with Gasteiger partial charge in [-0.15, -0.1) is 0 Å². The smallest absolute Gasteiger partial charge is 0.331 e. The van der Waals surface area contributed by atoms with Gasteiger partial charge in [0.05, 0.1) is 27.2 Å². The zero-order valence-corrected chi connectivity index (χ0v) is 28.4. The number of hydrogen-bond donors (Lipinski definition) is 3. The third kappa shape index (κ3) is 5.94. The molecule has 2 fully saturated rings. The molecule has 0 radical (unpaired) electrons. The Morgan fingerprint density at radius 1 is 1.06 bits per heavy atom. The topological polar surface area (TPSA) is 135 Å². The number of aryl methyl sites for hydroxylation is 1. The number of nitrogens with zero attached hydrogens (tertiary/aromatic N) is 4. The Hall–Kier alpha value is -4.35. The first-order valence-corrected chi connectivity index (χ1v) is 18.1. The number of nitrogens with two attached hydrogens (primary N) is 1. The van der Waals surface area contributed by atoms with Crippen molar-refractivity contribution in [3.8, 4) is 0 Å². The number of benzene rings is 3. The average Bonchev–Trinajstić information content (AvgIpc) is 3.59. The van der Waals surface area contributed by atoms with Crippen LogP contribution in [0.1, 0.15) is 79.7 Å². The lowest BCUT2D eigenvalue weighted by molar-refractivity contribution is 0.0660. The summed E-state index contributed by atoms with van der Waals surface area (Å²) in [4.78, 5) is 38.0. The SMILES string of the molecule is CCCC1(N)C[C@@H](n2c(C)nc3ccccc32)CC1=NCCC1(c2ccccc2)CCN(C(=O)c2ccc3c(c2)NC(=O)NS3=O)CC1. The Labute approximate surface area is 283 Å². The first-order chi connectivity index (χ1) is 23.2. The quantitative estimate of drug-likeness (QED) is 0.211. The Morgan fingerprint density at radius 3 is 2.58 bits per heavy atom. The normalized spacial score (nSPS) is 24.4. The van der Waals surface area contributed by atoms with Gasteiger partial charge in [-0.3, -0.25) is 14.5 Å². The summed E-state index contributed by atoms with van der Waals surface area (Å²) in [6.07, 6.45) is 6.06. The van der Waals surface area contributed by atoms with Crippen molar-refractivity contribution in [3.63, 3.8) is 0 Å². The van der Waals surface area contributed by atoms with E-state index in [4.69, 9.17) is 15.7 Å². The summed E-state index contributed by atoms with van der Waals surface area (Å²) in [6.45, 7) is 6.15. The highest BCUT2D eigenvalue weighted by Gasteiger charge is 2.43. The maximum atomic E-state index is 13.6. The van der Waals surface area contributed by atoms with Crippen molar-refractivity contribution in [2.75, 3.05) is 25.0 Å². The fourth-order valence-corrected chi connectivity index (χ4v) is 9.00. The number of hydrogen-bond acceptors (Lipinski definition) is 6. The van der Waals surface area contributed by atoms with Gasteiger partial charge < -0.3 is 20.5 Å². The molecule has 1 aromatic heterocycles. The lowest BCUT2D eigenvalue weighted by atomic mass is 9.70. The summed E-state index contributed by atoms with van der Waals surface area (Å²) >= 11 is 0. The summed E-state index contributed by atoms with van der Waals surface area (Å²) < 4.78 is 17.0. The molecule has 4 N–H and O–H groups in total. The number of urea groups is 1. The van der Waals surface area contributed by atoms with Gasteiger partial charge in [0.1, 0.15) is 5.82 Å². The van der Waals surface area contributed by atoms with E-state index < -0.39 is 22.6 Å². The number of rotatable bonds is 8. The van der Waals surface area contributed by atoms with E-state index in [1.165, 1.54) is 5.56 Å². The summed E-state index contributed by atoms with van der Waals surface area (Å²) in [5.74, 6) is 0.919. The van der Waals surface area contributed by atoms with Gasteiger partial charge in [0, 0.05) is 48.8 Å². The molecular formula is C37H43N7O3S. The molecule has 1 aliphatic carbocycles. The molecular weight excluding hydrogens is 623 g/mol. The molecule has 0 bridgehead atoms. The summed E-state index contributed by atoms with van der Waals surface area (Å²) in [7, 11) is -1.64. The largest absolute Gasteiger partial charge is 0.339 e. The molecule has 10 nitrogen and oxygen atoms in total. The van der Waals surface area contributed by atoms with E-state index in [0.29, 0.717) is 35.8 Å². The van der Waals surface area contributed by atoms with Crippen LogP contribution in [0.2, 0.25) is 0 Å². The van der Waals surface area contributed by atoms with Gasteiger partial charge in [-0.05, 0) is 74.9 Å². The average molecular weight is 666 g/mol. The number of carbonyl (C=O) groups excluding carboxylic acids is 2. The van der Waals surface area contributed by atoms with Crippen LogP contribution in [0.5, 0.6) is 0 Å². The van der Waals surface area contributed by atoms with E-state index in [1.54, 1.807) is 18.2 Å². The molecule has 3 amide bonds. The highest BCUT2D eigenvalue weighted by atomic mass is 32.2. The van der Waals surface area contributed by atoms with Crippen molar-refractivity contribution in [1.82, 2.24) is 19.2 Å². The summed E-state index contributed by atoms with van der Waals surface area (Å²) in [5.41, 5.74) is 12.0. The third-order valence-corrected chi connectivity index (χ3v) is 11.7. The van der Waals surface area contributed by atoms with E-state index in [0.717, 1.165) is 67.5 Å². The van der Waals surface area contributed by atoms with Crippen molar-refractivity contribution < 1.29 is 13.8 Å². The van der Waals surface area contributed by atoms with Crippen LogP contribution in [0.4, 0.5) is 10.5 Å². The van der Waals surface area contributed by atoms with Crippen LogP contribution in [0.15, 0.2) is 82.7 Å². The molecule has 250 valence electrons. The van der Waals surface area contributed by atoms with E-state index >= 15 is 0 Å². The van der Waals surface area contributed by atoms with Gasteiger partial charge in [-0.25, -0.2) is 14.0 Å². The van der Waals surface area contributed by atoms with Crippen LogP contribution in [0.25, 0.3) is 11.0 Å². The van der Waals surface area contributed by atoms with Crippen LogP contribution < -0.4 is 15.8 Å². The number of fused-ring (bicyclic) bond motifs is 2. The van der Waals surface area contributed by atoms with Crippen molar-refractivity contribution in [3.05, 3.63) is 89.7 Å². The molecule has 2 aliphatic heterocycles. The van der Waals surface area contributed by atoms with Crippen molar-refractivity contribution in [1.29, 1.82) is 0 Å². The molecule has 7 rings (SSSR count). The predicted molar refractivity (Wildman–Crippen MR) is 190 cm³/mol. The van der Waals surface area contributed by atoms with Gasteiger partial charge in [-0.1, -0.05) is 55.8 Å². The fourth-order valence-electron chi connectivity index (χ4n) is 8.17. The number of carbonyl (C=O) groups is 2. The van der Waals surface area contributed by atoms with Crippen LogP contribution in [0, 0.1) is 6.92 Å². The fraction of sp³-hybridized carbons (Fsp3) is 0.405. The molecule has 11 heteroatoms. The number of amides is 3. The standard InChI is InChI=1S/C37H43N7O3S/c1-3-15-37(38)24-28(44-25(2)40-29-11-7-8-12-31(29)44)23-33(37)39-19-16-36(27-9-5-4-6-10-27)17-20-43(21-18-36)34(45)26-13-14-32-30(22-26)41-35(46)42-48(32)47/h4-14,22,28H,3,15-21,23-24,38H2,1-2H3,(H2,41,42,46)/t28-,37?,48?/m0/s1. The first-order valence-electron chi connectivity index (χ1n) is 16.9. The van der Waals surface area contributed by atoms with Crippen LogP contribution in [-0.4, -0.2) is 61.5 Å². The van der Waals surface area contributed by atoms with Gasteiger partial charge in [-0.2, -0.15) is 0 Å². The maximum absolute atomic E-state index is 13.6. The number of aromatic nitrogens is 2. The zero-order chi connectivity index (χ0) is 33.5. The van der Waals surface area contributed by atoms with Crippen LogP contribution >= 0.6 is 0 Å². The third-order valence-electron chi connectivity index (χ3n) is 10.6. The van der Waals surface area contributed by atoms with Crippen molar-refractivity contribution >= 4 is 45.4 Å². The highest BCUT2D eigenvalue weighted by Crippen LogP contribution is 2.42. The molecule has 3 aromatic carbocycles. The van der Waals surface area contributed by atoms with E-state index in [-0.39, 0.29) is 17.4 Å². The minimum absolute atomic E-state index is 0.0925. The van der Waals surface area contributed by atoms with Crippen molar-refractivity contribution in [2.24, 2.45) is 10.7 Å². The number of likely N-dealkylation sites (tertiary alicyclic amines) is 1. The Balaban J connectivity index is 1.09. The van der Waals surface area contributed by atoms with E-state index in [9.17, 15) is 13.8 Å². The van der Waals surface area contributed by atoms with Gasteiger partial charge in [0.15, 0.2) is 11.0 Å². The Kier molecular flexibility index (Phi) is 8.68. The minimum atomic E-state index is -1.64. The Morgan fingerprint density at radius 2 is 1.81 bits per heavy atom. The second-order valence-corrected chi connectivity index (χ2v) is 14.7. The number of piperidine rings is 1. The summed E-state index contributed by atoms with van der Waals surface area (Å²) in [5, 5.41) is 2.66. The van der Waals surface area contributed by atoms with E-state index in [2.05, 4.69) is 70.9 Å². The van der Waals surface area contributed by atoms with Crippen LogP contribution in [-0.2, 0) is 16.4 Å². The number of para-hydroxylation sites is 2. The van der Waals surface area contributed by atoms with Crippen LogP contribution in [0.3, 0.4) is 0 Å². The highest BCUT2D eigenvalue weighted by molar-refractivity contribution is 7.84. The molecule has 2 unspecified atom stereocenters. The lowest BCUT2D eigenvalue weighted by Crippen LogP contribution is -2.46. The predicted octanol–water partition coefficient (Wildman–Crippen LogP) is 6.04. The zero-order valence-electron chi connectivity index (χ0n) is 27.6. The maximum Gasteiger partial charge on any atom is 0.331 e. The molecule has 3 heterocycles. The summed E-state index contributed by atoms with van der Waals surface area (Å²) in [6, 6.07) is 23.6. The molecule has 1 saturated heterocycles. The van der Waals surface area contributed by atoms with Crippen molar-refractivity contribution in [2.45, 2.75) is 80.7 Å². The molecule has 3 atom stereocenters. The molecule has 1 saturated carbocycles. The lowest BCUT2D eigenvalue weighted by Gasteiger charge is -2.42. The number of nitrogens with one attached hydrogen (secondary N) is 2. The number of imidazole rings is 1. The Bertz CT molecular complexity index is 1910. The van der Waals surface area contributed by atoms with Gasteiger partial charge >= 0.3 is 6.03 Å². The molecule has 3 aliphatic rings. The second-order valence-electron chi connectivity index (χ2n) is 13.5. The van der Waals surface area contributed by atoms with Gasteiger partial charge in [0.2, 0.25) is 0 Å². The first kappa shape index (κ1) is 32.2. The minimum Gasteiger partial charge on any atom is -0.339 e. The molecule has 4 aromatic rings. The van der Waals surface area contributed by atoms with Gasteiger partial charge in [0.25, 0.3) is 5.91 Å². The molecule has 0 spiro atoms. The molecule has 48 heavy (non-hydrogen) atoms. The van der Waals surface area contributed by atoms with E-state index in [1.807, 2.05) is 17.0 Å².